The van der Waals surface area contributed by atoms with Gasteiger partial charge in [0.15, 0.2) is 11.8 Å². The van der Waals surface area contributed by atoms with E-state index in [2.05, 4.69) is 30.8 Å². The summed E-state index contributed by atoms with van der Waals surface area (Å²) < 4.78 is 6.29. The minimum Gasteiger partial charge on any atom is -0.480 e. The van der Waals surface area contributed by atoms with Crippen LogP contribution in [0.4, 0.5) is 5.69 Å². The molecule has 1 aliphatic rings. The highest BCUT2D eigenvalue weighted by molar-refractivity contribution is 8.15. The number of benzene rings is 2. The van der Waals surface area contributed by atoms with E-state index < -0.39 is 41.8 Å². The van der Waals surface area contributed by atoms with Crippen molar-refractivity contribution in [3.05, 3.63) is 59.1 Å². The molecule has 4 atom stereocenters. The Morgan fingerprint density at radius 1 is 0.932 bits per heavy atom. The summed E-state index contributed by atoms with van der Waals surface area (Å²) in [5.74, 6) is -3.63. The maximum atomic E-state index is 14.2. The molecule has 59 heavy (non-hydrogen) atoms. The zero-order valence-corrected chi connectivity index (χ0v) is 36.3. The number of carbonyl (C=O) groups excluding carboxylic acids is 5. The first-order valence-corrected chi connectivity index (χ1v) is 22.1. The predicted octanol–water partition coefficient (Wildman–Crippen LogP) is 6.08. The van der Waals surface area contributed by atoms with Crippen molar-refractivity contribution in [1.29, 1.82) is 0 Å². The molecular weight excluding hydrogens is 793 g/mol. The number of carboxylic acids is 1. The second kappa shape index (κ2) is 23.8. The van der Waals surface area contributed by atoms with Crippen molar-refractivity contribution in [3.63, 3.8) is 0 Å². The number of hydrogen-bond donors (Lipinski definition) is 4. The van der Waals surface area contributed by atoms with E-state index in [4.69, 9.17) is 4.74 Å². The molecule has 0 radical (unpaired) electrons. The highest BCUT2D eigenvalue weighted by Gasteiger charge is 2.31. The molecule has 0 saturated heterocycles. The number of anilines is 1. The van der Waals surface area contributed by atoms with Gasteiger partial charge in [0.1, 0.15) is 16.7 Å². The molecule has 16 heteroatoms. The molecule has 3 amide bonds. The van der Waals surface area contributed by atoms with Gasteiger partial charge in [0, 0.05) is 43.2 Å². The topological polar surface area (TPSA) is 196 Å². The van der Waals surface area contributed by atoms with Gasteiger partial charge in [-0.1, -0.05) is 50.6 Å². The van der Waals surface area contributed by atoms with Crippen LogP contribution in [0.2, 0.25) is 0 Å². The largest absolute Gasteiger partial charge is 0.480 e. The SMILES string of the molecule is CC(=O)NCCCC[C@H](CC(=O)[C@H](CCCCN(C)C)NC(=O)[C@@H](CC(=O)OCc1ccccc1)CC(C)C)C(=O)Nc1ccc2nc(C3=N[C@@H](C(=O)O)CS3)sc2c1. The van der Waals surface area contributed by atoms with Crippen LogP contribution in [0.25, 0.3) is 10.2 Å². The van der Waals surface area contributed by atoms with E-state index in [1.807, 2.05) is 58.3 Å². The van der Waals surface area contributed by atoms with Crippen LogP contribution in [0, 0.1) is 17.8 Å². The number of ketones is 1. The van der Waals surface area contributed by atoms with Crippen LogP contribution in [0.1, 0.15) is 89.1 Å². The molecule has 2 heterocycles. The third-order valence-corrected chi connectivity index (χ3v) is 12.0. The van der Waals surface area contributed by atoms with E-state index in [0.29, 0.717) is 72.1 Å². The molecule has 0 fully saturated rings. The molecule has 3 aromatic rings. The van der Waals surface area contributed by atoms with Crippen LogP contribution in [0.5, 0.6) is 0 Å². The maximum absolute atomic E-state index is 14.2. The summed E-state index contributed by atoms with van der Waals surface area (Å²) in [6.07, 6.45) is 3.58. The number of fused-ring (bicyclic) bond motifs is 1. The number of ether oxygens (including phenoxy) is 1. The molecule has 0 unspecified atom stereocenters. The monoisotopic (exact) mass is 850 g/mol. The smallest absolute Gasteiger partial charge is 0.329 e. The first kappa shape index (κ1) is 47.0. The second-order valence-corrected chi connectivity index (χ2v) is 17.7. The lowest BCUT2D eigenvalue weighted by molar-refractivity contribution is -0.148. The average molecular weight is 851 g/mol. The molecule has 4 N–H and O–H groups in total. The number of carbonyl (C=O) groups is 6. The lowest BCUT2D eigenvalue weighted by Gasteiger charge is -2.25. The number of hydrogen-bond acceptors (Lipinski definition) is 12. The number of aliphatic carboxylic acids is 1. The number of unbranched alkanes of at least 4 members (excludes halogenated alkanes) is 2. The lowest BCUT2D eigenvalue weighted by atomic mass is 9.89. The molecule has 1 aliphatic heterocycles. The normalized spacial score (nSPS) is 15.4. The second-order valence-electron chi connectivity index (χ2n) is 15.7. The number of nitrogens with one attached hydrogen (secondary N) is 3. The Morgan fingerprint density at radius 2 is 1.68 bits per heavy atom. The Kier molecular flexibility index (Phi) is 19.0. The van der Waals surface area contributed by atoms with Crippen molar-refractivity contribution in [2.45, 2.75) is 97.2 Å². The van der Waals surface area contributed by atoms with Crippen LogP contribution in [-0.2, 0) is 40.1 Å². The van der Waals surface area contributed by atoms with Crippen molar-refractivity contribution in [1.82, 2.24) is 20.5 Å². The first-order chi connectivity index (χ1) is 28.2. The summed E-state index contributed by atoms with van der Waals surface area (Å²) >= 11 is 2.70. The molecule has 14 nitrogen and oxygen atoms in total. The molecular formula is C43H58N6O8S2. The number of nitrogens with zero attached hydrogens (tertiary/aromatic N) is 3. The van der Waals surface area contributed by atoms with Crippen LogP contribution in [0.3, 0.4) is 0 Å². The van der Waals surface area contributed by atoms with Crippen LogP contribution >= 0.6 is 23.1 Å². The summed E-state index contributed by atoms with van der Waals surface area (Å²) in [6, 6.07) is 12.9. The third-order valence-electron chi connectivity index (χ3n) is 9.78. The summed E-state index contributed by atoms with van der Waals surface area (Å²) in [6.45, 7) is 6.73. The van der Waals surface area contributed by atoms with Crippen LogP contribution in [0.15, 0.2) is 53.5 Å². The number of thiazole rings is 1. The summed E-state index contributed by atoms with van der Waals surface area (Å²) in [4.78, 5) is 89.0. The number of Topliss-reactive ketones (excluding diaryl/α,β-unsaturated/α-hetero) is 1. The van der Waals surface area contributed by atoms with E-state index in [1.165, 1.54) is 30.0 Å². The summed E-state index contributed by atoms with van der Waals surface area (Å²) in [7, 11) is 3.94. The van der Waals surface area contributed by atoms with Gasteiger partial charge in [-0.25, -0.2) is 9.78 Å². The fourth-order valence-corrected chi connectivity index (χ4v) is 8.78. The number of esters is 1. The number of carboxylic acid groups (broad SMARTS) is 1. The molecule has 320 valence electrons. The minimum absolute atomic E-state index is 0.0972. The van der Waals surface area contributed by atoms with Gasteiger partial charge in [-0.2, -0.15) is 0 Å². The average Bonchev–Trinajstić information content (AvgIpc) is 3.85. The summed E-state index contributed by atoms with van der Waals surface area (Å²) in [5, 5.41) is 19.3. The van der Waals surface area contributed by atoms with Crippen molar-refractivity contribution in [2.75, 3.05) is 38.3 Å². The molecule has 0 spiro atoms. The number of aliphatic imine (C=N–C) groups is 1. The van der Waals surface area contributed by atoms with Crippen molar-refractivity contribution in [2.24, 2.45) is 22.7 Å². The Balaban J connectivity index is 1.49. The van der Waals surface area contributed by atoms with Gasteiger partial charge < -0.3 is 30.7 Å². The zero-order valence-electron chi connectivity index (χ0n) is 34.7. The minimum atomic E-state index is -0.980. The Bertz CT molecular complexity index is 1930. The van der Waals surface area contributed by atoms with Crippen molar-refractivity contribution >= 4 is 79.5 Å². The van der Waals surface area contributed by atoms with Gasteiger partial charge in [-0.15, -0.1) is 23.1 Å². The number of amides is 3. The van der Waals surface area contributed by atoms with E-state index >= 15 is 0 Å². The predicted molar refractivity (Wildman–Crippen MR) is 232 cm³/mol. The Morgan fingerprint density at radius 3 is 2.36 bits per heavy atom. The van der Waals surface area contributed by atoms with Gasteiger partial charge in [-0.3, -0.25) is 29.0 Å². The molecule has 0 bridgehead atoms. The first-order valence-electron chi connectivity index (χ1n) is 20.3. The van der Waals surface area contributed by atoms with Crippen LogP contribution < -0.4 is 16.0 Å². The quantitative estimate of drug-likeness (QED) is 0.0570. The fraction of sp³-hybridized carbons (Fsp3) is 0.535. The molecule has 0 saturated carbocycles. The van der Waals surface area contributed by atoms with Gasteiger partial charge in [0.2, 0.25) is 17.7 Å². The van der Waals surface area contributed by atoms with Gasteiger partial charge in [0.05, 0.1) is 22.7 Å². The molecule has 0 aliphatic carbocycles. The number of aromatic nitrogens is 1. The maximum Gasteiger partial charge on any atom is 0.329 e. The third kappa shape index (κ3) is 16.1. The molecule has 1 aromatic heterocycles. The van der Waals surface area contributed by atoms with Gasteiger partial charge in [-0.05, 0) is 88.8 Å². The summed E-state index contributed by atoms with van der Waals surface area (Å²) in [5.41, 5.74) is 2.04. The van der Waals surface area contributed by atoms with E-state index in [0.717, 1.165) is 23.2 Å². The van der Waals surface area contributed by atoms with E-state index in [-0.39, 0.29) is 43.0 Å². The lowest BCUT2D eigenvalue weighted by Crippen LogP contribution is -2.45. The number of rotatable bonds is 25. The standard InChI is InChI=1S/C43H58N6O8S2/c1-27(2)21-31(23-38(52)57-25-29-13-7-6-8-14-29)40(54)46-33(16-10-12-20-49(4)5)36(51)22-30(15-9-11-19-44-28(3)50)39(53)45-32-17-18-34-37(24-32)59-42(47-34)41-48-35(26-58-41)43(55)56/h6-8,13-14,17-18,24,27,30-31,33,35H,9-12,15-16,19-23,25-26H2,1-5H3,(H,44,50)(H,45,53)(H,46,54)(H,55,56)/t30-,31-,33+,35-/m1/s1. The van der Waals surface area contributed by atoms with E-state index in [9.17, 15) is 33.9 Å². The van der Waals surface area contributed by atoms with Crippen LogP contribution in [-0.4, -0.2) is 100 Å². The molecule has 4 rings (SSSR count). The molecule has 2 aromatic carbocycles. The van der Waals surface area contributed by atoms with Gasteiger partial charge >= 0.3 is 11.9 Å². The van der Waals surface area contributed by atoms with Crippen molar-refractivity contribution in [3.8, 4) is 0 Å². The van der Waals surface area contributed by atoms with E-state index in [1.54, 1.807) is 18.2 Å². The highest BCUT2D eigenvalue weighted by Crippen LogP contribution is 2.32. The number of thioether (sulfide) groups is 1. The Labute approximate surface area is 354 Å². The zero-order chi connectivity index (χ0) is 42.9. The fourth-order valence-electron chi connectivity index (χ4n) is 6.68. The van der Waals surface area contributed by atoms with Crippen molar-refractivity contribution < 1.29 is 38.6 Å². The highest BCUT2D eigenvalue weighted by atomic mass is 32.2. The Hall–Kier alpha value is -4.67. The van der Waals surface area contributed by atoms with Gasteiger partial charge in [0.25, 0.3) is 0 Å².